The average molecular weight is 307 g/mol. The van der Waals surface area contributed by atoms with Crippen molar-refractivity contribution in [3.05, 3.63) is 0 Å². The Labute approximate surface area is 125 Å². The van der Waals surface area contributed by atoms with Gasteiger partial charge in [-0.1, -0.05) is 0 Å². The molecule has 0 aromatic heterocycles. The van der Waals surface area contributed by atoms with E-state index in [0.29, 0.717) is 13.2 Å². The maximum absolute atomic E-state index is 11.4. The normalized spacial score (nSPS) is 11.1. The molecule has 0 aliphatic heterocycles. The smallest absolute Gasteiger partial charge is 0.442 e. The van der Waals surface area contributed by atoms with Gasteiger partial charge >= 0.3 is 12.2 Å². The van der Waals surface area contributed by atoms with Crippen molar-refractivity contribution in [3.63, 3.8) is 0 Å². The fraction of sp³-hybridized carbons (Fsp3) is 0.846. The number of carbonyl (C=O) groups excluding carboxylic acids is 2. The van der Waals surface area contributed by atoms with Crippen LogP contribution < -0.4 is 5.48 Å². The molecule has 8 nitrogen and oxygen atoms in total. The summed E-state index contributed by atoms with van der Waals surface area (Å²) in [5, 5.41) is 0. The topological polar surface area (TPSA) is 92.3 Å². The van der Waals surface area contributed by atoms with E-state index in [0.717, 1.165) is 0 Å². The minimum Gasteiger partial charge on any atom is -0.442 e. The monoisotopic (exact) mass is 307 g/mol. The lowest BCUT2D eigenvalue weighted by atomic mass is 10.2. The van der Waals surface area contributed by atoms with Crippen molar-refractivity contribution in [1.29, 1.82) is 0 Å². The standard InChI is InChI=1S/C13H25NO7/c1-6-17-8-10(9-18-7-2)19-12(16)21-14-11(15)20-13(3,4)5/h10H,6-9H2,1-5H3,(H,14,15). The van der Waals surface area contributed by atoms with Crippen molar-refractivity contribution in [2.75, 3.05) is 26.4 Å². The highest BCUT2D eigenvalue weighted by Gasteiger charge is 2.20. The van der Waals surface area contributed by atoms with Gasteiger partial charge in [0.2, 0.25) is 0 Å². The van der Waals surface area contributed by atoms with Gasteiger partial charge in [-0.05, 0) is 34.6 Å². The number of hydroxylamine groups is 1. The molecule has 21 heavy (non-hydrogen) atoms. The predicted octanol–water partition coefficient (Wildman–Crippen LogP) is 2.02. The van der Waals surface area contributed by atoms with Gasteiger partial charge in [-0.3, -0.25) is 0 Å². The van der Waals surface area contributed by atoms with Crippen LogP contribution in [0.3, 0.4) is 0 Å². The molecule has 0 unspecified atom stereocenters. The summed E-state index contributed by atoms with van der Waals surface area (Å²) in [4.78, 5) is 27.1. The van der Waals surface area contributed by atoms with Gasteiger partial charge in [-0.2, -0.15) is 0 Å². The van der Waals surface area contributed by atoms with Gasteiger partial charge < -0.3 is 23.8 Å². The summed E-state index contributed by atoms with van der Waals surface area (Å²) >= 11 is 0. The zero-order valence-corrected chi connectivity index (χ0v) is 13.3. The van der Waals surface area contributed by atoms with Gasteiger partial charge in [0.15, 0.2) is 6.10 Å². The van der Waals surface area contributed by atoms with Gasteiger partial charge in [0, 0.05) is 13.2 Å². The zero-order valence-electron chi connectivity index (χ0n) is 13.3. The fourth-order valence-electron chi connectivity index (χ4n) is 1.16. The summed E-state index contributed by atoms with van der Waals surface area (Å²) in [6.45, 7) is 10.0. The van der Waals surface area contributed by atoms with E-state index in [2.05, 4.69) is 4.84 Å². The Kier molecular flexibility index (Phi) is 9.48. The van der Waals surface area contributed by atoms with Gasteiger partial charge in [-0.25, -0.2) is 9.59 Å². The summed E-state index contributed by atoms with van der Waals surface area (Å²) < 4.78 is 20.2. The first-order chi connectivity index (χ1) is 9.78. The van der Waals surface area contributed by atoms with Gasteiger partial charge in [0.05, 0.1) is 13.2 Å². The van der Waals surface area contributed by atoms with E-state index in [1.807, 2.05) is 19.3 Å². The van der Waals surface area contributed by atoms with Crippen LogP contribution in [0.4, 0.5) is 9.59 Å². The number of hydrogen-bond donors (Lipinski definition) is 1. The summed E-state index contributed by atoms with van der Waals surface area (Å²) in [5.41, 5.74) is 1.15. The number of ether oxygens (including phenoxy) is 4. The van der Waals surface area contributed by atoms with E-state index in [4.69, 9.17) is 18.9 Å². The van der Waals surface area contributed by atoms with E-state index in [1.165, 1.54) is 0 Å². The van der Waals surface area contributed by atoms with Crippen molar-refractivity contribution in [3.8, 4) is 0 Å². The number of carbonyl (C=O) groups is 2. The summed E-state index contributed by atoms with van der Waals surface area (Å²) in [7, 11) is 0. The first-order valence-electron chi connectivity index (χ1n) is 6.80. The molecule has 0 aromatic rings. The molecule has 0 fully saturated rings. The molecule has 8 heteroatoms. The molecule has 0 radical (unpaired) electrons. The largest absolute Gasteiger partial charge is 0.533 e. The molecule has 0 atom stereocenters. The highest BCUT2D eigenvalue weighted by molar-refractivity contribution is 5.69. The number of nitrogens with one attached hydrogen (secondary N) is 1. The van der Waals surface area contributed by atoms with E-state index in [1.54, 1.807) is 20.8 Å². The number of rotatable bonds is 7. The van der Waals surface area contributed by atoms with Crippen LogP contribution in [0.15, 0.2) is 0 Å². The van der Waals surface area contributed by atoms with Crippen LogP contribution in [-0.4, -0.2) is 50.4 Å². The third-order valence-electron chi connectivity index (χ3n) is 1.90. The average Bonchev–Trinajstić information content (AvgIpc) is 2.37. The molecule has 0 rings (SSSR count). The highest BCUT2D eigenvalue weighted by atomic mass is 16.8. The van der Waals surface area contributed by atoms with E-state index in [-0.39, 0.29) is 13.2 Å². The lowest BCUT2D eigenvalue weighted by Gasteiger charge is -2.20. The molecular formula is C13H25NO7. The Bertz CT molecular complexity index is 306. The summed E-state index contributed by atoms with van der Waals surface area (Å²) in [6, 6.07) is 0. The molecule has 124 valence electrons. The molecule has 0 heterocycles. The minimum absolute atomic E-state index is 0.179. The Morgan fingerprint density at radius 2 is 1.57 bits per heavy atom. The Morgan fingerprint density at radius 1 is 1.05 bits per heavy atom. The predicted molar refractivity (Wildman–Crippen MR) is 73.7 cm³/mol. The van der Waals surface area contributed by atoms with E-state index < -0.39 is 24.0 Å². The molecule has 1 amide bonds. The first-order valence-corrected chi connectivity index (χ1v) is 6.80. The van der Waals surface area contributed by atoms with Crippen molar-refractivity contribution in [2.24, 2.45) is 0 Å². The van der Waals surface area contributed by atoms with E-state index in [9.17, 15) is 9.59 Å². The first kappa shape index (κ1) is 19.5. The van der Waals surface area contributed by atoms with Gasteiger partial charge in [0.1, 0.15) is 5.60 Å². The van der Waals surface area contributed by atoms with Gasteiger partial charge in [-0.15, -0.1) is 5.48 Å². The van der Waals surface area contributed by atoms with Crippen molar-refractivity contribution in [1.82, 2.24) is 5.48 Å². The zero-order chi connectivity index (χ0) is 16.3. The van der Waals surface area contributed by atoms with Crippen LogP contribution in [0.1, 0.15) is 34.6 Å². The molecule has 0 aromatic carbocycles. The van der Waals surface area contributed by atoms with Crippen molar-refractivity contribution < 1.29 is 33.4 Å². The van der Waals surface area contributed by atoms with Crippen LogP contribution in [0.25, 0.3) is 0 Å². The number of amides is 1. The van der Waals surface area contributed by atoms with E-state index >= 15 is 0 Å². The van der Waals surface area contributed by atoms with Crippen molar-refractivity contribution >= 4 is 12.2 Å². The van der Waals surface area contributed by atoms with Crippen molar-refractivity contribution in [2.45, 2.75) is 46.3 Å². The SMILES string of the molecule is CCOCC(COCC)OC(=O)ONC(=O)OC(C)(C)C. The molecule has 0 aliphatic rings. The summed E-state index contributed by atoms with van der Waals surface area (Å²) in [6.07, 6.45) is -2.56. The quantitative estimate of drug-likeness (QED) is 0.568. The number of hydrogen-bond acceptors (Lipinski definition) is 7. The Balaban J connectivity index is 4.09. The van der Waals surface area contributed by atoms with Crippen LogP contribution in [0.2, 0.25) is 0 Å². The molecule has 0 saturated carbocycles. The molecule has 0 bridgehead atoms. The lowest BCUT2D eigenvalue weighted by Crippen LogP contribution is -2.36. The maximum Gasteiger partial charge on any atom is 0.533 e. The lowest BCUT2D eigenvalue weighted by molar-refractivity contribution is -0.0628. The second-order valence-electron chi connectivity index (χ2n) is 5.01. The molecular weight excluding hydrogens is 282 g/mol. The van der Waals surface area contributed by atoms with Crippen LogP contribution in [0, 0.1) is 0 Å². The van der Waals surface area contributed by atoms with Crippen LogP contribution >= 0.6 is 0 Å². The second-order valence-corrected chi connectivity index (χ2v) is 5.01. The molecule has 0 spiro atoms. The molecule has 0 saturated heterocycles. The third kappa shape index (κ3) is 11.9. The van der Waals surface area contributed by atoms with Crippen LogP contribution in [0.5, 0.6) is 0 Å². The second kappa shape index (κ2) is 10.2. The minimum atomic E-state index is -1.06. The van der Waals surface area contributed by atoms with Crippen LogP contribution in [-0.2, 0) is 23.8 Å². The highest BCUT2D eigenvalue weighted by Crippen LogP contribution is 2.06. The molecule has 1 N–H and O–H groups in total. The summed E-state index contributed by atoms with van der Waals surface area (Å²) in [5.74, 6) is 0. The Morgan fingerprint density at radius 3 is 2.00 bits per heavy atom. The molecule has 0 aliphatic carbocycles. The fourth-order valence-corrected chi connectivity index (χ4v) is 1.16. The Hall–Kier alpha value is -1.54. The van der Waals surface area contributed by atoms with Gasteiger partial charge in [0.25, 0.3) is 0 Å². The maximum atomic E-state index is 11.4. The third-order valence-corrected chi connectivity index (χ3v) is 1.90.